The van der Waals surface area contributed by atoms with Crippen molar-refractivity contribution in [2.75, 3.05) is 7.11 Å². The lowest BCUT2D eigenvalue weighted by atomic mass is 10.4. The quantitative estimate of drug-likeness (QED) is 0.644. The summed E-state index contributed by atoms with van der Waals surface area (Å²) in [6, 6.07) is 0. The minimum Gasteiger partial charge on any atom is -0.366 e. The van der Waals surface area contributed by atoms with Gasteiger partial charge in [-0.25, -0.2) is 4.68 Å². The highest BCUT2D eigenvalue weighted by Gasteiger charge is 2.02. The number of carbonyl (C=O) groups is 1. The van der Waals surface area contributed by atoms with Crippen molar-refractivity contribution in [2.45, 2.75) is 6.73 Å². The lowest BCUT2D eigenvalue weighted by Crippen LogP contribution is -2.09. The summed E-state index contributed by atoms with van der Waals surface area (Å²) in [5.41, 5.74) is 5.38. The zero-order valence-corrected chi connectivity index (χ0v) is 6.15. The van der Waals surface area contributed by atoms with Crippen molar-refractivity contribution in [1.29, 1.82) is 0 Å². The molecule has 1 aromatic heterocycles. The van der Waals surface area contributed by atoms with Crippen LogP contribution < -0.4 is 5.73 Å². The van der Waals surface area contributed by atoms with Crippen LogP contribution in [-0.4, -0.2) is 22.8 Å². The van der Waals surface area contributed by atoms with E-state index in [1.54, 1.807) is 7.11 Å². The fourth-order valence-electron chi connectivity index (χ4n) is 0.694. The number of aromatic nitrogens is 2. The highest BCUT2D eigenvalue weighted by atomic mass is 16.5. The molecule has 0 bridgehead atoms. The molecule has 1 rings (SSSR count). The Hall–Kier alpha value is -1.36. The first-order valence-electron chi connectivity index (χ1n) is 3.05. The predicted octanol–water partition coefficient (Wildman–Crippen LogP) is -0.414. The Morgan fingerprint density at radius 1 is 1.91 bits per heavy atom. The summed E-state index contributed by atoms with van der Waals surface area (Å²) in [7, 11) is 1.55. The van der Waals surface area contributed by atoms with Crippen LogP contribution in [0, 0.1) is 0 Å². The van der Waals surface area contributed by atoms with E-state index in [9.17, 15) is 4.79 Å². The molecular formula is C6H9N3O2. The van der Waals surface area contributed by atoms with E-state index in [1.165, 1.54) is 17.1 Å². The molecule has 0 saturated heterocycles. The van der Waals surface area contributed by atoms with Gasteiger partial charge in [0.1, 0.15) is 6.73 Å². The van der Waals surface area contributed by atoms with Crippen LogP contribution in [0.4, 0.5) is 0 Å². The van der Waals surface area contributed by atoms with Gasteiger partial charge < -0.3 is 10.5 Å². The van der Waals surface area contributed by atoms with Crippen molar-refractivity contribution < 1.29 is 9.53 Å². The molecule has 0 saturated carbocycles. The van der Waals surface area contributed by atoms with Crippen LogP contribution in [0.2, 0.25) is 0 Å². The van der Waals surface area contributed by atoms with Gasteiger partial charge in [-0.2, -0.15) is 5.10 Å². The van der Waals surface area contributed by atoms with Crippen LogP contribution in [0.5, 0.6) is 0 Å². The van der Waals surface area contributed by atoms with Crippen LogP contribution in [0.3, 0.4) is 0 Å². The SMILES string of the molecule is COCn1cc(C(N)=O)cn1. The van der Waals surface area contributed by atoms with Gasteiger partial charge >= 0.3 is 0 Å². The molecule has 1 amide bonds. The number of methoxy groups -OCH3 is 1. The lowest BCUT2D eigenvalue weighted by molar-refractivity contribution is 0.0999. The Balaban J connectivity index is 2.73. The Kier molecular flexibility index (Phi) is 2.22. The smallest absolute Gasteiger partial charge is 0.251 e. The monoisotopic (exact) mass is 155 g/mol. The number of amides is 1. The third kappa shape index (κ3) is 1.78. The molecule has 0 aliphatic heterocycles. The third-order valence-electron chi connectivity index (χ3n) is 1.18. The van der Waals surface area contributed by atoms with Crippen molar-refractivity contribution in [3.8, 4) is 0 Å². The highest BCUT2D eigenvalue weighted by molar-refractivity contribution is 5.92. The third-order valence-corrected chi connectivity index (χ3v) is 1.18. The fraction of sp³-hybridized carbons (Fsp3) is 0.333. The molecule has 0 aliphatic carbocycles. The summed E-state index contributed by atoms with van der Waals surface area (Å²) in [6.07, 6.45) is 2.94. The Labute approximate surface area is 63.7 Å². The van der Waals surface area contributed by atoms with Crippen molar-refractivity contribution in [3.63, 3.8) is 0 Å². The number of primary amides is 1. The molecule has 60 valence electrons. The zero-order chi connectivity index (χ0) is 8.27. The van der Waals surface area contributed by atoms with E-state index in [-0.39, 0.29) is 0 Å². The lowest BCUT2D eigenvalue weighted by Gasteiger charge is -1.95. The van der Waals surface area contributed by atoms with Crippen molar-refractivity contribution in [1.82, 2.24) is 9.78 Å². The van der Waals surface area contributed by atoms with Gasteiger partial charge in [0.2, 0.25) is 0 Å². The Bertz CT molecular complexity index is 256. The molecular weight excluding hydrogens is 146 g/mol. The van der Waals surface area contributed by atoms with Gasteiger partial charge in [0.25, 0.3) is 5.91 Å². The van der Waals surface area contributed by atoms with Gasteiger partial charge in [-0.1, -0.05) is 0 Å². The molecule has 5 nitrogen and oxygen atoms in total. The summed E-state index contributed by atoms with van der Waals surface area (Å²) < 4.78 is 6.26. The molecule has 0 aromatic carbocycles. The average Bonchev–Trinajstić information content (AvgIpc) is 2.37. The first-order chi connectivity index (χ1) is 5.24. The molecule has 1 aromatic rings. The van der Waals surface area contributed by atoms with Crippen LogP contribution in [-0.2, 0) is 11.5 Å². The highest BCUT2D eigenvalue weighted by Crippen LogP contribution is 1.95. The fourth-order valence-corrected chi connectivity index (χ4v) is 0.694. The molecule has 0 radical (unpaired) electrons. The molecule has 0 unspecified atom stereocenters. The molecule has 0 spiro atoms. The average molecular weight is 155 g/mol. The molecule has 1 heterocycles. The number of carbonyl (C=O) groups excluding carboxylic acids is 1. The largest absolute Gasteiger partial charge is 0.366 e. The number of nitrogens with zero attached hydrogens (tertiary/aromatic N) is 2. The van der Waals surface area contributed by atoms with E-state index in [1.807, 2.05) is 0 Å². The normalized spacial score (nSPS) is 9.91. The maximum Gasteiger partial charge on any atom is 0.251 e. The zero-order valence-electron chi connectivity index (χ0n) is 6.15. The molecule has 2 N–H and O–H groups in total. The first-order valence-corrected chi connectivity index (χ1v) is 3.05. The number of nitrogens with two attached hydrogens (primary N) is 1. The van der Waals surface area contributed by atoms with E-state index >= 15 is 0 Å². The maximum atomic E-state index is 10.5. The number of ether oxygens (including phenoxy) is 1. The second kappa shape index (κ2) is 3.16. The molecule has 0 atom stereocenters. The summed E-state index contributed by atoms with van der Waals surface area (Å²) in [5.74, 6) is -0.479. The van der Waals surface area contributed by atoms with Crippen LogP contribution in [0.15, 0.2) is 12.4 Å². The number of rotatable bonds is 3. The second-order valence-electron chi connectivity index (χ2n) is 2.05. The van der Waals surface area contributed by atoms with Crippen molar-refractivity contribution in [2.24, 2.45) is 5.73 Å². The van der Waals surface area contributed by atoms with Crippen LogP contribution in [0.25, 0.3) is 0 Å². The van der Waals surface area contributed by atoms with Gasteiger partial charge in [-0.05, 0) is 0 Å². The van der Waals surface area contributed by atoms with Gasteiger partial charge in [0.05, 0.1) is 11.8 Å². The number of hydrogen-bond donors (Lipinski definition) is 1. The van der Waals surface area contributed by atoms with Crippen molar-refractivity contribution >= 4 is 5.91 Å². The van der Waals surface area contributed by atoms with Gasteiger partial charge in [-0.15, -0.1) is 0 Å². The van der Waals surface area contributed by atoms with E-state index in [0.717, 1.165) is 0 Å². The summed E-state index contributed by atoms with van der Waals surface area (Å²) in [6.45, 7) is 0.327. The predicted molar refractivity (Wildman–Crippen MR) is 37.8 cm³/mol. The van der Waals surface area contributed by atoms with E-state index in [0.29, 0.717) is 12.3 Å². The summed E-state index contributed by atoms with van der Waals surface area (Å²) >= 11 is 0. The maximum absolute atomic E-state index is 10.5. The number of hydrogen-bond acceptors (Lipinski definition) is 3. The van der Waals surface area contributed by atoms with Crippen LogP contribution >= 0.6 is 0 Å². The standard InChI is InChI=1S/C6H9N3O2/c1-11-4-9-3-5(2-8-9)6(7)10/h2-3H,4H2,1H3,(H2,7,10). The molecule has 11 heavy (non-hydrogen) atoms. The van der Waals surface area contributed by atoms with E-state index in [4.69, 9.17) is 10.5 Å². The van der Waals surface area contributed by atoms with Gasteiger partial charge in [0, 0.05) is 13.3 Å². The Morgan fingerprint density at radius 3 is 3.09 bits per heavy atom. The topological polar surface area (TPSA) is 70.1 Å². The summed E-state index contributed by atoms with van der Waals surface area (Å²) in [4.78, 5) is 10.5. The summed E-state index contributed by atoms with van der Waals surface area (Å²) in [5, 5.41) is 3.82. The molecule has 5 heteroatoms. The minimum atomic E-state index is -0.479. The second-order valence-corrected chi connectivity index (χ2v) is 2.05. The molecule has 0 aliphatic rings. The van der Waals surface area contributed by atoms with E-state index < -0.39 is 5.91 Å². The molecule has 0 fully saturated rings. The van der Waals surface area contributed by atoms with Gasteiger partial charge in [-0.3, -0.25) is 4.79 Å². The van der Waals surface area contributed by atoms with Gasteiger partial charge in [0.15, 0.2) is 0 Å². The Morgan fingerprint density at radius 2 is 2.64 bits per heavy atom. The van der Waals surface area contributed by atoms with E-state index in [2.05, 4.69) is 5.10 Å². The minimum absolute atomic E-state index is 0.327. The first kappa shape index (κ1) is 7.74. The van der Waals surface area contributed by atoms with Crippen molar-refractivity contribution in [3.05, 3.63) is 18.0 Å². The van der Waals surface area contributed by atoms with Crippen LogP contribution in [0.1, 0.15) is 10.4 Å².